The lowest BCUT2D eigenvalue weighted by Crippen LogP contribution is -2.58. The van der Waals surface area contributed by atoms with Crippen molar-refractivity contribution in [3.05, 3.63) is 47.7 Å². The summed E-state index contributed by atoms with van der Waals surface area (Å²) < 4.78 is 7.82. The molecule has 35 heavy (non-hydrogen) atoms. The van der Waals surface area contributed by atoms with E-state index < -0.39 is 37.1 Å². The van der Waals surface area contributed by atoms with E-state index in [1.54, 1.807) is 18.1 Å². The highest BCUT2D eigenvalue weighted by Crippen LogP contribution is 2.33. The van der Waals surface area contributed by atoms with Gasteiger partial charge in [-0.25, -0.2) is 4.31 Å². The third-order valence-corrected chi connectivity index (χ3v) is 7.49. The molecule has 0 amide bonds. The van der Waals surface area contributed by atoms with E-state index >= 15 is 0 Å². The summed E-state index contributed by atoms with van der Waals surface area (Å²) in [5, 5.41) is 47.9. The van der Waals surface area contributed by atoms with Gasteiger partial charge in [-0.05, 0) is 59.8 Å². The Hall–Kier alpha value is -2.42. The summed E-state index contributed by atoms with van der Waals surface area (Å²) in [6.07, 6.45) is -4.62. The maximum atomic E-state index is 10.3. The van der Waals surface area contributed by atoms with Crippen LogP contribution in [0, 0.1) is 18.8 Å². The Bertz CT molecular complexity index is 1230. The van der Waals surface area contributed by atoms with Crippen LogP contribution in [0.15, 0.2) is 41.4 Å². The van der Waals surface area contributed by atoms with E-state index in [0.29, 0.717) is 5.56 Å². The van der Waals surface area contributed by atoms with Gasteiger partial charge in [-0.15, -0.1) is 0 Å². The predicted molar refractivity (Wildman–Crippen MR) is 136 cm³/mol. The molecule has 1 fully saturated rings. The summed E-state index contributed by atoms with van der Waals surface area (Å²) in [6, 6.07) is 10.4. The highest BCUT2D eigenvalue weighted by Gasteiger charge is 2.42. The van der Waals surface area contributed by atoms with E-state index in [0.717, 1.165) is 45.6 Å². The second kappa shape index (κ2) is 11.1. The molecule has 4 rings (SSSR count). The van der Waals surface area contributed by atoms with Crippen molar-refractivity contribution < 1.29 is 25.2 Å². The molecule has 2 heterocycles. The summed E-state index contributed by atoms with van der Waals surface area (Å²) in [6.45, 7) is 7.74. The molecule has 0 spiro atoms. The van der Waals surface area contributed by atoms with E-state index in [1.807, 2.05) is 6.07 Å². The van der Waals surface area contributed by atoms with Gasteiger partial charge in [0.15, 0.2) is 0 Å². The normalized spacial score (nSPS) is 24.5. The fourth-order valence-electron chi connectivity index (χ4n) is 4.15. The van der Waals surface area contributed by atoms with Crippen molar-refractivity contribution in [2.24, 2.45) is 0 Å². The smallest absolute Gasteiger partial charge is 0.147 e. The number of H-pyrrole nitrogens is 1. The van der Waals surface area contributed by atoms with E-state index in [2.05, 4.69) is 71.4 Å². The number of aliphatic hydroxyl groups excluding tert-OH is 4. The number of aliphatic hydroxyl groups is 4. The molecule has 2 aromatic carbocycles. The molecule has 0 saturated carbocycles. The van der Waals surface area contributed by atoms with Gasteiger partial charge in [-0.1, -0.05) is 31.8 Å². The lowest BCUT2D eigenvalue weighted by Gasteiger charge is -2.37. The first kappa shape index (κ1) is 25.7. The number of nitrogens with zero attached hydrogens (tertiary/aromatic N) is 2. The molecule has 9 heteroatoms. The third-order valence-electron chi connectivity index (χ3n) is 6.25. The maximum Gasteiger partial charge on any atom is 0.147 e. The number of fused-ring (bicyclic) bond motifs is 1. The first-order chi connectivity index (χ1) is 16.9. The van der Waals surface area contributed by atoms with Gasteiger partial charge in [0.1, 0.15) is 30.5 Å². The van der Waals surface area contributed by atoms with Crippen LogP contribution in [0.4, 0.5) is 0 Å². The third kappa shape index (κ3) is 5.39. The van der Waals surface area contributed by atoms with Crippen molar-refractivity contribution in [3.63, 3.8) is 0 Å². The minimum atomic E-state index is -1.47. The van der Waals surface area contributed by atoms with Crippen molar-refractivity contribution >= 4 is 22.9 Å². The second-order valence-electron chi connectivity index (χ2n) is 8.56. The van der Waals surface area contributed by atoms with Gasteiger partial charge in [0.05, 0.1) is 23.9 Å². The minimum absolute atomic E-state index is 0.496. The molecule has 1 aliphatic heterocycles. The molecule has 3 aromatic rings. The van der Waals surface area contributed by atoms with E-state index in [4.69, 9.17) is 4.74 Å². The Morgan fingerprint density at radius 2 is 1.86 bits per heavy atom. The highest BCUT2D eigenvalue weighted by molar-refractivity contribution is 7.97. The van der Waals surface area contributed by atoms with Gasteiger partial charge in [0.25, 0.3) is 0 Å². The number of aromatic amines is 1. The van der Waals surface area contributed by atoms with Crippen molar-refractivity contribution in [2.75, 3.05) is 19.7 Å². The maximum absolute atomic E-state index is 10.3. The summed E-state index contributed by atoms with van der Waals surface area (Å²) in [7, 11) is 0. The molecule has 8 nitrogen and oxygen atoms in total. The van der Waals surface area contributed by atoms with E-state index in [-0.39, 0.29) is 0 Å². The number of nitrogens with one attached hydrogen (secondary N) is 1. The molecule has 186 valence electrons. The van der Waals surface area contributed by atoms with Crippen LogP contribution in [-0.2, 0) is 4.74 Å². The first-order valence-corrected chi connectivity index (χ1v) is 12.5. The van der Waals surface area contributed by atoms with E-state index in [9.17, 15) is 20.4 Å². The van der Waals surface area contributed by atoms with Crippen LogP contribution in [-0.4, -0.2) is 85.1 Å². The molecule has 1 saturated heterocycles. The standard InChI is InChI=1S/C26H31N3O5S/c1-4-29(5-2)35-19-8-6-15(3)20(12-19)17-10-16(23-18(11-17)13-27-28-23)7-9-21-24(31)26(33)25(32)22(14-30)34-21/h6,8,10-13,21-22,24-26,30-33H,4-5,14H2,1-3H3,(H,27,28)/t21?,22?,24?,25-,26?/m1/s1. The number of hydrogen-bond donors (Lipinski definition) is 5. The number of rotatable bonds is 6. The zero-order valence-electron chi connectivity index (χ0n) is 20.0. The average molecular weight is 498 g/mol. The summed E-state index contributed by atoms with van der Waals surface area (Å²) >= 11 is 1.73. The average Bonchev–Trinajstić information content (AvgIpc) is 3.35. The first-order valence-electron chi connectivity index (χ1n) is 11.7. The number of aryl methyl sites for hydroxylation is 1. The van der Waals surface area contributed by atoms with Crippen molar-refractivity contribution in [2.45, 2.75) is 56.2 Å². The Balaban J connectivity index is 1.71. The topological polar surface area (TPSA) is 122 Å². The summed E-state index contributed by atoms with van der Waals surface area (Å²) in [5.41, 5.74) is 4.60. The predicted octanol–water partition coefficient (Wildman–Crippen LogP) is 2.08. The lowest BCUT2D eigenvalue weighted by atomic mass is 9.94. The van der Waals surface area contributed by atoms with Gasteiger partial charge in [0.2, 0.25) is 0 Å². The van der Waals surface area contributed by atoms with Crippen molar-refractivity contribution in [1.82, 2.24) is 14.5 Å². The Morgan fingerprint density at radius 3 is 2.57 bits per heavy atom. The van der Waals surface area contributed by atoms with Gasteiger partial charge in [-0.3, -0.25) is 5.10 Å². The van der Waals surface area contributed by atoms with Crippen molar-refractivity contribution in [1.29, 1.82) is 0 Å². The summed E-state index contributed by atoms with van der Waals surface area (Å²) in [5.74, 6) is 5.92. The van der Waals surface area contributed by atoms with Gasteiger partial charge >= 0.3 is 0 Å². The van der Waals surface area contributed by atoms with Gasteiger partial charge in [-0.2, -0.15) is 5.10 Å². The number of hydrogen-bond acceptors (Lipinski definition) is 8. The molecule has 5 atom stereocenters. The van der Waals surface area contributed by atoms with Crippen LogP contribution in [0.5, 0.6) is 0 Å². The number of benzene rings is 2. The molecule has 0 radical (unpaired) electrons. The Labute approximate surface area is 209 Å². The lowest BCUT2D eigenvalue weighted by molar-refractivity contribution is -0.214. The second-order valence-corrected chi connectivity index (χ2v) is 9.73. The molecular weight excluding hydrogens is 466 g/mol. The number of aromatic nitrogens is 2. The van der Waals surface area contributed by atoms with Crippen LogP contribution >= 0.6 is 11.9 Å². The fraction of sp³-hybridized carbons (Fsp3) is 0.423. The van der Waals surface area contributed by atoms with Crippen LogP contribution in [0.1, 0.15) is 25.0 Å². The zero-order chi connectivity index (χ0) is 25.1. The van der Waals surface area contributed by atoms with Crippen LogP contribution in [0.25, 0.3) is 22.0 Å². The van der Waals surface area contributed by atoms with Gasteiger partial charge in [0, 0.05) is 23.4 Å². The Kier molecular flexibility index (Phi) is 8.14. The van der Waals surface area contributed by atoms with Crippen molar-refractivity contribution in [3.8, 4) is 23.0 Å². The molecule has 0 aliphatic carbocycles. The SMILES string of the molecule is CCN(CC)Sc1ccc(C)c(-c2cc(C#CC3OC(CO)[C@@H](O)C(O)C3O)c3[nH]ncc3c2)c1. The van der Waals surface area contributed by atoms with Crippen LogP contribution in [0.3, 0.4) is 0 Å². The monoisotopic (exact) mass is 497 g/mol. The van der Waals surface area contributed by atoms with Crippen LogP contribution < -0.4 is 0 Å². The zero-order valence-corrected chi connectivity index (χ0v) is 20.8. The molecule has 1 aliphatic rings. The molecule has 5 N–H and O–H groups in total. The van der Waals surface area contributed by atoms with Gasteiger partial charge < -0.3 is 25.2 Å². The summed E-state index contributed by atoms with van der Waals surface area (Å²) in [4.78, 5) is 1.15. The number of ether oxygens (including phenoxy) is 1. The molecule has 0 bridgehead atoms. The fourth-order valence-corrected chi connectivity index (χ4v) is 5.01. The molecular formula is C26H31N3O5S. The largest absolute Gasteiger partial charge is 0.394 e. The highest BCUT2D eigenvalue weighted by atomic mass is 32.2. The van der Waals surface area contributed by atoms with E-state index in [1.165, 1.54) is 0 Å². The van der Waals surface area contributed by atoms with Crippen LogP contribution in [0.2, 0.25) is 0 Å². The minimum Gasteiger partial charge on any atom is -0.394 e. The molecule has 1 aromatic heterocycles. The Morgan fingerprint density at radius 1 is 1.09 bits per heavy atom. The quantitative estimate of drug-likeness (QED) is 0.259. The molecule has 4 unspecified atom stereocenters.